The summed E-state index contributed by atoms with van der Waals surface area (Å²) >= 11 is 0. The highest BCUT2D eigenvalue weighted by Gasteiger charge is 2.45. The van der Waals surface area contributed by atoms with Crippen molar-refractivity contribution in [3.8, 4) is 11.6 Å². The third-order valence-electron chi connectivity index (χ3n) is 6.08. The summed E-state index contributed by atoms with van der Waals surface area (Å²) in [7, 11) is 0. The number of hydrogen-bond donors (Lipinski definition) is 5. The number of hydrogen-bond acceptors (Lipinski definition) is 8. The van der Waals surface area contributed by atoms with Crippen molar-refractivity contribution in [1.29, 1.82) is 0 Å². The van der Waals surface area contributed by atoms with E-state index in [0.29, 0.717) is 12.8 Å². The zero-order valence-electron chi connectivity index (χ0n) is 18.9. The quantitative estimate of drug-likeness (QED) is 0.321. The molecule has 5 atom stereocenters. The van der Waals surface area contributed by atoms with Crippen molar-refractivity contribution in [3.63, 3.8) is 0 Å². The summed E-state index contributed by atoms with van der Waals surface area (Å²) < 4.78 is 13.2. The molecule has 0 aliphatic carbocycles. The van der Waals surface area contributed by atoms with Crippen molar-refractivity contribution >= 4 is 0 Å². The molecule has 5 N–H and O–H groups in total. The van der Waals surface area contributed by atoms with Crippen LogP contribution in [0.1, 0.15) is 22.4 Å². The molecule has 1 aliphatic heterocycles. The minimum Gasteiger partial charge on any atom is -0.443 e. The van der Waals surface area contributed by atoms with Gasteiger partial charge in [0.1, 0.15) is 24.4 Å². The largest absolute Gasteiger partial charge is 0.443 e. The second kappa shape index (κ2) is 10.6. The number of ether oxygens (including phenoxy) is 2. The van der Waals surface area contributed by atoms with Crippen molar-refractivity contribution < 1.29 is 35.0 Å². The van der Waals surface area contributed by atoms with Gasteiger partial charge in [-0.25, -0.2) is 4.68 Å². The zero-order valence-corrected chi connectivity index (χ0v) is 18.9. The molecule has 1 fully saturated rings. The molecule has 0 saturated carbocycles. The molecule has 1 aliphatic rings. The Kier molecular flexibility index (Phi) is 7.62. The van der Waals surface area contributed by atoms with Crippen molar-refractivity contribution in [1.82, 2.24) is 9.78 Å². The van der Waals surface area contributed by atoms with E-state index in [2.05, 4.69) is 5.10 Å². The number of benzene rings is 2. The summed E-state index contributed by atoms with van der Waals surface area (Å²) in [6, 6.07) is 17.4. The number of aliphatic hydroxyl groups excluding tert-OH is 5. The molecular weight excluding hydrogens is 440 g/mol. The maximum Gasteiger partial charge on any atom is 0.239 e. The minimum absolute atomic E-state index is 0.0827. The van der Waals surface area contributed by atoms with Crippen LogP contribution >= 0.6 is 0 Å². The van der Waals surface area contributed by atoms with Gasteiger partial charge in [0.2, 0.25) is 12.2 Å². The van der Waals surface area contributed by atoms with Crippen LogP contribution in [0.15, 0.2) is 54.6 Å². The molecule has 0 spiro atoms. The van der Waals surface area contributed by atoms with Gasteiger partial charge in [-0.1, -0.05) is 42.5 Å². The van der Waals surface area contributed by atoms with Crippen molar-refractivity contribution in [2.45, 2.75) is 50.5 Å². The number of rotatable bonds is 8. The Bertz CT molecular complexity index is 1070. The van der Waals surface area contributed by atoms with Crippen LogP contribution in [-0.4, -0.2) is 79.2 Å². The second-order valence-corrected chi connectivity index (χ2v) is 8.40. The molecule has 34 heavy (non-hydrogen) atoms. The SMILES string of the molecule is Cc1c(Cc2ccc(CCO)cc2)c(OC2O[C@H](CO)[C@@H](O)[C@H](O)[C@H]2O)nn1-c1ccccc1. The fourth-order valence-electron chi connectivity index (χ4n) is 4.06. The first kappa shape index (κ1) is 24.3. The van der Waals surface area contributed by atoms with E-state index in [1.54, 1.807) is 4.68 Å². The molecule has 1 saturated heterocycles. The predicted octanol–water partition coefficient (Wildman–Crippen LogP) is 0.485. The van der Waals surface area contributed by atoms with Crippen molar-refractivity contribution in [2.24, 2.45) is 0 Å². The van der Waals surface area contributed by atoms with E-state index in [-0.39, 0.29) is 12.5 Å². The fraction of sp³-hybridized carbons (Fsp3) is 0.400. The summed E-state index contributed by atoms with van der Waals surface area (Å²) in [6.45, 7) is 1.45. The van der Waals surface area contributed by atoms with Gasteiger partial charge < -0.3 is 35.0 Å². The first-order valence-corrected chi connectivity index (χ1v) is 11.2. The van der Waals surface area contributed by atoms with E-state index < -0.39 is 37.3 Å². The van der Waals surface area contributed by atoms with E-state index >= 15 is 0 Å². The average Bonchev–Trinajstić information content (AvgIpc) is 3.16. The van der Waals surface area contributed by atoms with Crippen LogP contribution in [0.4, 0.5) is 0 Å². The normalized spacial score (nSPS) is 24.8. The molecule has 0 radical (unpaired) electrons. The van der Waals surface area contributed by atoms with E-state index in [0.717, 1.165) is 28.1 Å². The Hall–Kier alpha value is -2.79. The molecule has 2 aromatic carbocycles. The van der Waals surface area contributed by atoms with Gasteiger partial charge >= 0.3 is 0 Å². The van der Waals surface area contributed by atoms with Gasteiger partial charge in [-0.3, -0.25) is 0 Å². The van der Waals surface area contributed by atoms with Gasteiger partial charge in [-0.05, 0) is 36.6 Å². The van der Waals surface area contributed by atoms with Crippen LogP contribution in [-0.2, 0) is 17.6 Å². The van der Waals surface area contributed by atoms with Crippen LogP contribution < -0.4 is 4.74 Å². The fourth-order valence-corrected chi connectivity index (χ4v) is 4.06. The number of para-hydroxylation sites is 1. The average molecular weight is 471 g/mol. The van der Waals surface area contributed by atoms with E-state index in [1.165, 1.54) is 0 Å². The summed E-state index contributed by atoms with van der Waals surface area (Å²) in [5, 5.41) is 53.9. The Morgan fingerprint density at radius 2 is 1.59 bits per heavy atom. The number of nitrogens with zero attached hydrogens (tertiary/aromatic N) is 2. The molecule has 4 rings (SSSR count). The highest BCUT2D eigenvalue weighted by molar-refractivity contribution is 5.42. The lowest BCUT2D eigenvalue weighted by molar-refractivity contribution is -0.278. The van der Waals surface area contributed by atoms with Gasteiger partial charge in [0.05, 0.1) is 12.3 Å². The molecule has 0 bridgehead atoms. The van der Waals surface area contributed by atoms with Crippen molar-refractivity contribution in [3.05, 3.63) is 77.0 Å². The van der Waals surface area contributed by atoms with Crippen LogP contribution in [0.5, 0.6) is 5.88 Å². The van der Waals surface area contributed by atoms with Crippen LogP contribution in [0.25, 0.3) is 5.69 Å². The Morgan fingerprint density at radius 1 is 0.912 bits per heavy atom. The van der Waals surface area contributed by atoms with Crippen LogP contribution in [0.3, 0.4) is 0 Å². The Morgan fingerprint density at radius 3 is 2.24 bits per heavy atom. The minimum atomic E-state index is -1.55. The Labute approximate surface area is 197 Å². The van der Waals surface area contributed by atoms with E-state index in [9.17, 15) is 20.4 Å². The molecule has 9 nitrogen and oxygen atoms in total. The summed E-state index contributed by atoms with van der Waals surface area (Å²) in [5.74, 6) is 0.213. The molecule has 182 valence electrons. The third-order valence-corrected chi connectivity index (χ3v) is 6.08. The first-order valence-electron chi connectivity index (χ1n) is 11.2. The first-order chi connectivity index (χ1) is 16.4. The van der Waals surface area contributed by atoms with Gasteiger partial charge in [0.15, 0.2) is 0 Å². The lowest BCUT2D eigenvalue weighted by Gasteiger charge is -2.39. The molecule has 2 heterocycles. The molecule has 0 amide bonds. The third kappa shape index (κ3) is 5.00. The number of aromatic nitrogens is 2. The topological polar surface area (TPSA) is 137 Å². The lowest BCUT2D eigenvalue weighted by Crippen LogP contribution is -2.60. The molecular formula is C25H30N2O7. The maximum absolute atomic E-state index is 10.4. The molecule has 3 aromatic rings. The number of aliphatic hydroxyl groups is 5. The molecule has 1 unspecified atom stereocenters. The Balaban J connectivity index is 1.67. The van der Waals surface area contributed by atoms with Gasteiger partial charge in [-0.2, -0.15) is 0 Å². The van der Waals surface area contributed by atoms with E-state index in [4.69, 9.17) is 14.6 Å². The summed E-state index contributed by atoms with van der Waals surface area (Å²) in [4.78, 5) is 0. The second-order valence-electron chi connectivity index (χ2n) is 8.40. The smallest absolute Gasteiger partial charge is 0.239 e. The van der Waals surface area contributed by atoms with Crippen LogP contribution in [0.2, 0.25) is 0 Å². The summed E-state index contributed by atoms with van der Waals surface area (Å²) in [6.07, 6.45) is -5.91. The summed E-state index contributed by atoms with van der Waals surface area (Å²) in [5.41, 5.74) is 4.43. The van der Waals surface area contributed by atoms with Gasteiger partial charge in [-0.15, -0.1) is 5.10 Å². The maximum atomic E-state index is 10.4. The van der Waals surface area contributed by atoms with Crippen molar-refractivity contribution in [2.75, 3.05) is 13.2 Å². The van der Waals surface area contributed by atoms with Gasteiger partial charge in [0, 0.05) is 24.3 Å². The zero-order chi connectivity index (χ0) is 24.2. The van der Waals surface area contributed by atoms with Gasteiger partial charge in [0.25, 0.3) is 0 Å². The predicted molar refractivity (Wildman–Crippen MR) is 123 cm³/mol. The highest BCUT2D eigenvalue weighted by Crippen LogP contribution is 2.30. The van der Waals surface area contributed by atoms with E-state index in [1.807, 2.05) is 61.5 Å². The monoisotopic (exact) mass is 470 g/mol. The lowest BCUT2D eigenvalue weighted by atomic mass is 9.99. The molecule has 9 heteroatoms. The highest BCUT2D eigenvalue weighted by atomic mass is 16.7. The van der Waals surface area contributed by atoms with Crippen LogP contribution in [0, 0.1) is 6.92 Å². The standard InChI is InChI=1S/C25H30N2O7/c1-15-19(13-17-9-7-16(8-10-17)11-12-28)24(26-27(15)18-5-3-2-4-6-18)34-25-23(32)22(31)21(30)20(14-29)33-25/h2-10,20-23,25,28-32H,11-14H2,1H3/t20-,21-,22+,23-,25?/m1/s1. The molecule has 1 aromatic heterocycles.